The minimum Gasteiger partial charge on any atom is -0.480 e. The summed E-state index contributed by atoms with van der Waals surface area (Å²) in [6, 6.07) is 0. The average Bonchev–Trinajstić information content (AvgIpc) is 2.63. The zero-order valence-corrected chi connectivity index (χ0v) is 6.68. The molecule has 5 heteroatoms. The van der Waals surface area contributed by atoms with Crippen LogP contribution >= 0.6 is 0 Å². The topological polar surface area (TPSA) is 63.3 Å². The van der Waals surface area contributed by atoms with Crippen LogP contribution in [0.15, 0.2) is 0 Å². The molecule has 1 aliphatic rings. The molecule has 0 heterocycles. The third kappa shape index (κ3) is 1.18. The van der Waals surface area contributed by atoms with Crippen LogP contribution in [-0.2, 0) is 4.79 Å². The minimum absolute atomic E-state index is 0.478. The van der Waals surface area contributed by atoms with Crippen molar-refractivity contribution in [1.82, 2.24) is 0 Å². The maximum atomic E-state index is 12.8. The van der Waals surface area contributed by atoms with Crippen LogP contribution in [0.25, 0.3) is 0 Å². The predicted molar refractivity (Wildman–Crippen MR) is 37.9 cm³/mol. The summed E-state index contributed by atoms with van der Waals surface area (Å²) < 4.78 is 25.6. The summed E-state index contributed by atoms with van der Waals surface area (Å²) in [6.45, 7) is 0.555. The number of hydrogen-bond acceptors (Lipinski definition) is 2. The van der Waals surface area contributed by atoms with Gasteiger partial charge >= 0.3 is 5.97 Å². The van der Waals surface area contributed by atoms with Crippen LogP contribution in [0.3, 0.4) is 0 Å². The number of hydrogen-bond donors (Lipinski definition) is 2. The van der Waals surface area contributed by atoms with E-state index in [0.29, 0.717) is 19.8 Å². The number of rotatable bonds is 3. The lowest BCUT2D eigenvalue weighted by Crippen LogP contribution is -2.62. The molecule has 0 saturated heterocycles. The molecule has 0 aliphatic heterocycles. The summed E-state index contributed by atoms with van der Waals surface area (Å²) in [5.74, 6) is -5.55. The van der Waals surface area contributed by atoms with E-state index in [2.05, 4.69) is 0 Å². The van der Waals surface area contributed by atoms with Gasteiger partial charge in [0.25, 0.3) is 5.92 Å². The first-order valence-electron chi connectivity index (χ1n) is 3.70. The highest BCUT2D eigenvalue weighted by Crippen LogP contribution is 2.45. The quantitative estimate of drug-likeness (QED) is 0.674. The summed E-state index contributed by atoms with van der Waals surface area (Å²) >= 11 is 0. The van der Waals surface area contributed by atoms with E-state index >= 15 is 0 Å². The molecule has 3 N–H and O–H groups in total. The highest BCUT2D eigenvalue weighted by molar-refractivity contribution is 5.81. The van der Waals surface area contributed by atoms with Crippen molar-refractivity contribution in [1.29, 1.82) is 0 Å². The Hall–Kier alpha value is -0.710. The van der Waals surface area contributed by atoms with E-state index in [1.165, 1.54) is 0 Å². The van der Waals surface area contributed by atoms with Crippen LogP contribution in [-0.4, -0.2) is 22.5 Å². The molecule has 12 heavy (non-hydrogen) atoms. The normalized spacial score (nSPS) is 23.3. The van der Waals surface area contributed by atoms with Gasteiger partial charge in [-0.3, -0.25) is 0 Å². The zero-order valence-electron chi connectivity index (χ0n) is 6.68. The molecule has 3 nitrogen and oxygen atoms in total. The largest absolute Gasteiger partial charge is 0.480 e. The molecule has 1 unspecified atom stereocenters. The fourth-order valence-corrected chi connectivity index (χ4v) is 1.26. The molecule has 0 aromatic rings. The van der Waals surface area contributed by atoms with Gasteiger partial charge in [-0.25, -0.2) is 13.6 Å². The Kier molecular flexibility index (Phi) is 1.87. The lowest BCUT2D eigenvalue weighted by atomic mass is 9.88. The zero-order chi connectivity index (χ0) is 9.57. The lowest BCUT2D eigenvalue weighted by molar-refractivity contribution is -0.161. The highest BCUT2D eigenvalue weighted by Gasteiger charge is 2.61. The summed E-state index contributed by atoms with van der Waals surface area (Å²) in [6.07, 6.45) is 0.957. The van der Waals surface area contributed by atoms with Gasteiger partial charge in [0, 0.05) is 6.92 Å². The van der Waals surface area contributed by atoms with Gasteiger partial charge in [-0.1, -0.05) is 0 Å². The number of carboxylic acid groups (broad SMARTS) is 1. The van der Waals surface area contributed by atoms with Crippen LogP contribution in [0.2, 0.25) is 0 Å². The fraction of sp³-hybridized carbons (Fsp3) is 0.857. The Morgan fingerprint density at radius 2 is 2.00 bits per heavy atom. The molecule has 70 valence electrons. The summed E-state index contributed by atoms with van der Waals surface area (Å²) in [5, 5.41) is 8.57. The highest BCUT2D eigenvalue weighted by atomic mass is 19.3. The Morgan fingerprint density at radius 3 is 2.08 bits per heavy atom. The third-order valence-corrected chi connectivity index (χ3v) is 2.30. The van der Waals surface area contributed by atoms with Crippen molar-refractivity contribution in [3.05, 3.63) is 0 Å². The second-order valence-electron chi connectivity index (χ2n) is 3.34. The van der Waals surface area contributed by atoms with E-state index in [0.717, 1.165) is 0 Å². The van der Waals surface area contributed by atoms with Crippen LogP contribution in [0, 0.1) is 5.92 Å². The molecule has 1 aliphatic carbocycles. The van der Waals surface area contributed by atoms with Gasteiger partial charge in [-0.15, -0.1) is 0 Å². The summed E-state index contributed by atoms with van der Waals surface area (Å²) in [4.78, 5) is 10.5. The maximum absolute atomic E-state index is 12.8. The Labute approximate surface area is 68.5 Å². The Balaban J connectivity index is 2.93. The van der Waals surface area contributed by atoms with E-state index in [1.807, 2.05) is 0 Å². The van der Waals surface area contributed by atoms with Gasteiger partial charge in [0.2, 0.25) is 0 Å². The van der Waals surface area contributed by atoms with Crippen molar-refractivity contribution >= 4 is 5.97 Å². The molecule has 1 rings (SSSR count). The van der Waals surface area contributed by atoms with Gasteiger partial charge in [0.05, 0.1) is 0 Å². The van der Waals surface area contributed by atoms with E-state index in [9.17, 15) is 13.6 Å². The molecule has 1 saturated carbocycles. The second kappa shape index (κ2) is 2.39. The number of carbonyl (C=O) groups is 1. The van der Waals surface area contributed by atoms with Crippen molar-refractivity contribution in [2.75, 3.05) is 0 Å². The van der Waals surface area contributed by atoms with Crippen molar-refractivity contribution < 1.29 is 18.7 Å². The van der Waals surface area contributed by atoms with E-state index in [4.69, 9.17) is 10.8 Å². The van der Waals surface area contributed by atoms with Crippen LogP contribution < -0.4 is 5.73 Å². The standard InChI is InChI=1S/C7H11F2NO2/c1-6(8,9)7(10,5(11)12)4-2-3-4/h4H,2-3,10H2,1H3,(H,11,12). The van der Waals surface area contributed by atoms with Crippen molar-refractivity contribution in [3.8, 4) is 0 Å². The molecular formula is C7H11F2NO2. The van der Waals surface area contributed by atoms with Crippen LogP contribution in [0.4, 0.5) is 8.78 Å². The molecule has 0 amide bonds. The smallest absolute Gasteiger partial charge is 0.330 e. The number of halogens is 2. The van der Waals surface area contributed by atoms with Crippen molar-refractivity contribution in [2.45, 2.75) is 31.2 Å². The third-order valence-electron chi connectivity index (χ3n) is 2.30. The van der Waals surface area contributed by atoms with E-state index in [-0.39, 0.29) is 0 Å². The van der Waals surface area contributed by atoms with E-state index < -0.39 is 23.3 Å². The molecule has 0 spiro atoms. The molecule has 0 radical (unpaired) electrons. The minimum atomic E-state index is -3.36. The molecule has 0 bridgehead atoms. The van der Waals surface area contributed by atoms with Crippen LogP contribution in [0.5, 0.6) is 0 Å². The van der Waals surface area contributed by atoms with Gasteiger partial charge in [-0.2, -0.15) is 0 Å². The lowest BCUT2D eigenvalue weighted by Gasteiger charge is -2.30. The van der Waals surface area contributed by atoms with Gasteiger partial charge in [0.15, 0.2) is 5.54 Å². The first-order valence-corrected chi connectivity index (χ1v) is 3.70. The average molecular weight is 179 g/mol. The van der Waals surface area contributed by atoms with Gasteiger partial charge in [-0.05, 0) is 18.8 Å². The predicted octanol–water partition coefficient (Wildman–Crippen LogP) is 0.834. The SMILES string of the molecule is CC(F)(F)C(N)(C(=O)O)C1CC1. The maximum Gasteiger partial charge on any atom is 0.330 e. The summed E-state index contributed by atoms with van der Waals surface area (Å²) in [7, 11) is 0. The van der Waals surface area contributed by atoms with Gasteiger partial charge in [0.1, 0.15) is 0 Å². The number of alkyl halides is 2. The summed E-state index contributed by atoms with van der Waals surface area (Å²) in [5.41, 5.74) is 2.81. The molecule has 0 aromatic carbocycles. The van der Waals surface area contributed by atoms with E-state index in [1.54, 1.807) is 0 Å². The monoisotopic (exact) mass is 179 g/mol. The molecule has 1 fully saturated rings. The molecule has 1 atom stereocenters. The number of nitrogens with two attached hydrogens (primary N) is 1. The first kappa shape index (κ1) is 9.38. The number of aliphatic carboxylic acids is 1. The Bertz CT molecular complexity index is 210. The van der Waals surface area contributed by atoms with Crippen molar-refractivity contribution in [2.24, 2.45) is 11.7 Å². The molecular weight excluding hydrogens is 168 g/mol. The first-order chi connectivity index (χ1) is 5.30. The number of carboxylic acids is 1. The van der Waals surface area contributed by atoms with Crippen molar-refractivity contribution in [3.63, 3.8) is 0 Å². The second-order valence-corrected chi connectivity index (χ2v) is 3.34. The van der Waals surface area contributed by atoms with Crippen LogP contribution in [0.1, 0.15) is 19.8 Å². The fourth-order valence-electron chi connectivity index (χ4n) is 1.26. The van der Waals surface area contributed by atoms with Gasteiger partial charge < -0.3 is 10.8 Å². The molecule has 0 aromatic heterocycles. The Morgan fingerprint density at radius 1 is 1.58 bits per heavy atom.